The lowest BCUT2D eigenvalue weighted by molar-refractivity contribution is -0.138. The van der Waals surface area contributed by atoms with Crippen LogP contribution in [0, 0.1) is 5.82 Å². The van der Waals surface area contributed by atoms with Crippen molar-refractivity contribution in [3.63, 3.8) is 0 Å². The van der Waals surface area contributed by atoms with E-state index in [-0.39, 0.29) is 11.4 Å². The molecule has 3 nitrogen and oxygen atoms in total. The van der Waals surface area contributed by atoms with Crippen LogP contribution in [0.4, 0.5) is 4.39 Å². The van der Waals surface area contributed by atoms with Crippen molar-refractivity contribution in [2.24, 2.45) is 0 Å². The summed E-state index contributed by atoms with van der Waals surface area (Å²) in [4.78, 5) is 4.10. The maximum Gasteiger partial charge on any atom is 0.141 e. The predicted molar refractivity (Wildman–Crippen MR) is 64.9 cm³/mol. The van der Waals surface area contributed by atoms with Crippen molar-refractivity contribution in [3.05, 3.63) is 29.8 Å². The summed E-state index contributed by atoms with van der Waals surface area (Å²) in [6, 6.07) is 3.01. The van der Waals surface area contributed by atoms with Crippen molar-refractivity contribution in [3.8, 4) is 0 Å². The molecule has 0 saturated carbocycles. The minimum atomic E-state index is -0.775. The van der Waals surface area contributed by atoms with Crippen molar-refractivity contribution in [2.45, 2.75) is 37.2 Å². The van der Waals surface area contributed by atoms with Crippen molar-refractivity contribution in [1.29, 1.82) is 0 Å². The van der Waals surface area contributed by atoms with Gasteiger partial charge in [-0.2, -0.15) is 0 Å². The average Bonchev–Trinajstić information content (AvgIpc) is 2.40. The number of ether oxygens (including phenoxy) is 2. The lowest BCUT2D eigenvalue weighted by Gasteiger charge is -2.43. The standard InChI is InChI=1S/C14H18FNO2/c15-12-1-2-13(16-10-12)11-3-6-18-14(9-11)4-7-17-8-5-14/h1-2,10-11H,3-9H2/i11D. The van der Waals surface area contributed by atoms with Crippen molar-refractivity contribution in [2.75, 3.05) is 19.8 Å². The van der Waals surface area contributed by atoms with Gasteiger partial charge in [-0.3, -0.25) is 4.98 Å². The summed E-state index contributed by atoms with van der Waals surface area (Å²) < 4.78 is 33.0. The second kappa shape index (κ2) is 4.94. The van der Waals surface area contributed by atoms with Gasteiger partial charge in [-0.25, -0.2) is 4.39 Å². The monoisotopic (exact) mass is 252 g/mol. The minimum absolute atomic E-state index is 0.256. The SMILES string of the molecule is [2H]C1(c2ccc(F)cn2)CCOC2(CCOCC2)C1. The molecule has 1 spiro atoms. The van der Waals surface area contributed by atoms with E-state index in [2.05, 4.69) is 4.98 Å². The van der Waals surface area contributed by atoms with E-state index in [4.69, 9.17) is 10.8 Å². The number of pyridine rings is 1. The zero-order valence-electron chi connectivity index (χ0n) is 11.3. The van der Waals surface area contributed by atoms with Gasteiger partial charge in [-0.05, 0) is 37.8 Å². The van der Waals surface area contributed by atoms with Gasteiger partial charge in [-0.1, -0.05) is 0 Å². The van der Waals surface area contributed by atoms with E-state index in [0.29, 0.717) is 38.4 Å². The molecule has 0 radical (unpaired) electrons. The number of halogens is 1. The summed E-state index contributed by atoms with van der Waals surface area (Å²) >= 11 is 0. The molecule has 3 heterocycles. The molecule has 2 saturated heterocycles. The quantitative estimate of drug-likeness (QED) is 0.770. The van der Waals surface area contributed by atoms with E-state index in [9.17, 15) is 4.39 Å². The van der Waals surface area contributed by atoms with Crippen LogP contribution >= 0.6 is 0 Å². The van der Waals surface area contributed by atoms with Gasteiger partial charge in [-0.15, -0.1) is 0 Å². The Bertz CT molecular complexity index is 442. The molecule has 0 amide bonds. The number of hydrogen-bond acceptors (Lipinski definition) is 3. The van der Waals surface area contributed by atoms with Gasteiger partial charge in [0.2, 0.25) is 0 Å². The Morgan fingerprint density at radius 1 is 1.33 bits per heavy atom. The molecule has 0 N–H and O–H groups in total. The number of hydrogen-bond donors (Lipinski definition) is 0. The number of nitrogens with zero attached hydrogens (tertiary/aromatic N) is 1. The lowest BCUT2D eigenvalue weighted by Crippen LogP contribution is -2.43. The van der Waals surface area contributed by atoms with Crippen LogP contribution in [0.15, 0.2) is 18.3 Å². The highest BCUT2D eigenvalue weighted by atomic mass is 19.1. The fourth-order valence-electron chi connectivity index (χ4n) is 2.79. The van der Waals surface area contributed by atoms with Crippen LogP contribution in [0.3, 0.4) is 0 Å². The third-order valence-electron chi connectivity index (χ3n) is 3.84. The van der Waals surface area contributed by atoms with Crippen LogP contribution in [-0.2, 0) is 9.47 Å². The third-order valence-corrected chi connectivity index (χ3v) is 3.84. The normalized spacial score (nSPS) is 32.2. The van der Waals surface area contributed by atoms with Crippen LogP contribution in [0.2, 0.25) is 0 Å². The van der Waals surface area contributed by atoms with Gasteiger partial charge in [0.25, 0.3) is 0 Å². The van der Waals surface area contributed by atoms with E-state index in [0.717, 1.165) is 12.8 Å². The highest BCUT2D eigenvalue weighted by Gasteiger charge is 2.39. The molecule has 3 rings (SSSR count). The predicted octanol–water partition coefficient (Wildman–Crippen LogP) is 2.66. The molecule has 0 aliphatic carbocycles. The maximum atomic E-state index is 13.0. The Balaban J connectivity index is 1.84. The lowest BCUT2D eigenvalue weighted by atomic mass is 9.79. The van der Waals surface area contributed by atoms with Crippen LogP contribution in [0.5, 0.6) is 0 Å². The second-order valence-electron chi connectivity index (χ2n) is 5.04. The van der Waals surface area contributed by atoms with Gasteiger partial charge in [0, 0.05) is 32.8 Å². The summed E-state index contributed by atoms with van der Waals surface area (Å²) in [7, 11) is 0. The van der Waals surface area contributed by atoms with Crippen LogP contribution < -0.4 is 0 Å². The summed E-state index contributed by atoms with van der Waals surface area (Å²) in [5, 5.41) is 0. The molecule has 98 valence electrons. The van der Waals surface area contributed by atoms with Crippen LogP contribution in [0.1, 0.15) is 38.6 Å². The summed E-state index contributed by atoms with van der Waals surface area (Å²) in [6.07, 6.45) is 4.07. The Morgan fingerprint density at radius 3 is 2.89 bits per heavy atom. The van der Waals surface area contributed by atoms with Gasteiger partial charge < -0.3 is 9.47 Å². The van der Waals surface area contributed by atoms with E-state index < -0.39 is 5.89 Å². The topological polar surface area (TPSA) is 31.4 Å². The van der Waals surface area contributed by atoms with E-state index in [1.807, 2.05) is 0 Å². The van der Waals surface area contributed by atoms with E-state index >= 15 is 0 Å². The van der Waals surface area contributed by atoms with E-state index in [1.54, 1.807) is 6.07 Å². The van der Waals surface area contributed by atoms with Crippen molar-refractivity contribution < 1.29 is 15.2 Å². The van der Waals surface area contributed by atoms with Crippen LogP contribution in [0.25, 0.3) is 0 Å². The first kappa shape index (κ1) is 10.9. The first-order valence-corrected chi connectivity index (χ1v) is 6.46. The Kier molecular flexibility index (Phi) is 2.98. The number of rotatable bonds is 1. The molecule has 1 atom stereocenters. The molecule has 0 bridgehead atoms. The molecule has 2 aliphatic rings. The average molecular weight is 252 g/mol. The van der Waals surface area contributed by atoms with Crippen molar-refractivity contribution >= 4 is 0 Å². The molecular weight excluding hydrogens is 233 g/mol. The molecule has 1 aromatic rings. The molecule has 18 heavy (non-hydrogen) atoms. The zero-order chi connectivity index (χ0) is 13.3. The molecule has 2 fully saturated rings. The number of aromatic nitrogens is 1. The van der Waals surface area contributed by atoms with Gasteiger partial charge in [0.05, 0.1) is 11.8 Å². The third kappa shape index (κ3) is 2.40. The fourth-order valence-corrected chi connectivity index (χ4v) is 2.79. The molecule has 1 aromatic heterocycles. The highest BCUT2D eigenvalue weighted by molar-refractivity contribution is 5.13. The largest absolute Gasteiger partial charge is 0.381 e. The molecule has 2 aliphatic heterocycles. The summed E-state index contributed by atoms with van der Waals surface area (Å²) in [5.41, 5.74) is 0.386. The fraction of sp³-hybridized carbons (Fsp3) is 0.643. The van der Waals surface area contributed by atoms with Crippen LogP contribution in [-0.4, -0.2) is 30.4 Å². The molecule has 1 unspecified atom stereocenters. The Hall–Kier alpha value is -1.00. The Labute approximate surface area is 108 Å². The molecule has 4 heteroatoms. The Morgan fingerprint density at radius 2 is 2.17 bits per heavy atom. The van der Waals surface area contributed by atoms with Crippen molar-refractivity contribution in [1.82, 2.24) is 4.98 Å². The second-order valence-corrected chi connectivity index (χ2v) is 5.04. The molecular formula is C14H18FNO2. The van der Waals surface area contributed by atoms with Gasteiger partial charge >= 0.3 is 0 Å². The van der Waals surface area contributed by atoms with E-state index in [1.165, 1.54) is 12.3 Å². The summed E-state index contributed by atoms with van der Waals surface area (Å²) in [6.45, 7) is 1.93. The van der Waals surface area contributed by atoms with Gasteiger partial charge in [0.15, 0.2) is 0 Å². The first-order chi connectivity index (χ1) is 9.12. The zero-order valence-corrected chi connectivity index (χ0v) is 10.3. The first-order valence-electron chi connectivity index (χ1n) is 6.96. The van der Waals surface area contributed by atoms with Gasteiger partial charge in [0.1, 0.15) is 5.82 Å². The highest BCUT2D eigenvalue weighted by Crippen LogP contribution is 2.40. The minimum Gasteiger partial charge on any atom is -0.381 e. The smallest absolute Gasteiger partial charge is 0.141 e. The molecule has 0 aromatic carbocycles. The maximum absolute atomic E-state index is 13.0. The summed E-state index contributed by atoms with van der Waals surface area (Å²) in [5.74, 6) is -1.14.